The number of benzene rings is 2. The second kappa shape index (κ2) is 10.8. The predicted octanol–water partition coefficient (Wildman–Crippen LogP) is 4.82. The van der Waals surface area contributed by atoms with Gasteiger partial charge in [0.2, 0.25) is 0 Å². The number of nitrogens with zero attached hydrogens (tertiary/aromatic N) is 2. The van der Waals surface area contributed by atoms with Crippen LogP contribution in [0.15, 0.2) is 36.7 Å². The first-order valence-corrected chi connectivity index (χ1v) is 11.7. The monoisotopic (exact) mass is 481 g/mol. The fraction of sp³-hybridized carbons (Fsp3) is 0.346. The Labute approximate surface area is 203 Å². The zero-order chi connectivity index (χ0) is 24.9. The molecule has 1 aromatic heterocycles. The Morgan fingerprint density at radius 1 is 1.17 bits per heavy atom. The van der Waals surface area contributed by atoms with Crippen molar-refractivity contribution in [2.75, 3.05) is 30.7 Å². The van der Waals surface area contributed by atoms with Crippen LogP contribution in [0.3, 0.4) is 0 Å². The number of rotatable bonds is 10. The van der Waals surface area contributed by atoms with E-state index < -0.39 is 17.5 Å². The lowest BCUT2D eigenvalue weighted by molar-refractivity contribution is 0.102. The van der Waals surface area contributed by atoms with Crippen LogP contribution in [0.5, 0.6) is 5.75 Å². The Hall–Kier alpha value is -3.59. The molecule has 0 unspecified atom stereocenters. The fourth-order valence-electron chi connectivity index (χ4n) is 3.88. The zero-order valence-electron chi connectivity index (χ0n) is 19.8. The molecule has 184 valence electrons. The molecule has 0 saturated heterocycles. The van der Waals surface area contributed by atoms with Crippen LogP contribution < -0.4 is 21.1 Å². The Kier molecular flexibility index (Phi) is 7.55. The number of hydrogen-bond donors (Lipinski definition) is 3. The lowest BCUT2D eigenvalue weighted by Gasteiger charge is -2.17. The number of aromatic nitrogens is 2. The molecule has 0 radical (unpaired) electrons. The summed E-state index contributed by atoms with van der Waals surface area (Å²) in [5, 5.41) is 5.86. The van der Waals surface area contributed by atoms with Crippen LogP contribution in [0.25, 0.3) is 11.3 Å². The summed E-state index contributed by atoms with van der Waals surface area (Å²) in [7, 11) is 0. The quantitative estimate of drug-likeness (QED) is 0.359. The van der Waals surface area contributed by atoms with E-state index >= 15 is 0 Å². The number of halogens is 2. The van der Waals surface area contributed by atoms with Crippen LogP contribution in [0.2, 0.25) is 0 Å². The SMILES string of the molecule is CCCNCCOc1c(N)ncnc1-c1cc(F)cc(NC(=O)c2ccc(C3CC3)cc2F)c1C. The van der Waals surface area contributed by atoms with Crippen molar-refractivity contribution in [1.29, 1.82) is 0 Å². The molecular formula is C26H29F2N5O2. The maximum atomic E-state index is 14.6. The van der Waals surface area contributed by atoms with E-state index in [2.05, 4.69) is 27.5 Å². The van der Waals surface area contributed by atoms with Gasteiger partial charge < -0.3 is 21.1 Å². The van der Waals surface area contributed by atoms with Gasteiger partial charge >= 0.3 is 0 Å². The molecule has 0 atom stereocenters. The highest BCUT2D eigenvalue weighted by Gasteiger charge is 2.25. The van der Waals surface area contributed by atoms with Crippen molar-refractivity contribution in [3.8, 4) is 17.0 Å². The van der Waals surface area contributed by atoms with Gasteiger partial charge in [0.1, 0.15) is 30.3 Å². The fourth-order valence-corrected chi connectivity index (χ4v) is 3.88. The Morgan fingerprint density at radius 3 is 2.69 bits per heavy atom. The van der Waals surface area contributed by atoms with Gasteiger partial charge in [0, 0.05) is 17.8 Å². The molecule has 4 rings (SSSR count). The third kappa shape index (κ3) is 5.74. The van der Waals surface area contributed by atoms with E-state index in [9.17, 15) is 13.6 Å². The van der Waals surface area contributed by atoms with Gasteiger partial charge in [-0.2, -0.15) is 0 Å². The van der Waals surface area contributed by atoms with Crippen LogP contribution in [0.4, 0.5) is 20.3 Å². The molecule has 9 heteroatoms. The molecule has 4 N–H and O–H groups in total. The minimum absolute atomic E-state index is 0.102. The largest absolute Gasteiger partial charge is 0.486 e. The molecule has 1 aliphatic rings. The molecule has 2 aromatic carbocycles. The van der Waals surface area contributed by atoms with Crippen LogP contribution in [-0.2, 0) is 0 Å². The standard InChI is InChI=1S/C26H29F2N5O2/c1-3-8-30-9-10-35-24-23(31-14-32-25(24)29)20-12-18(27)13-22(15(20)2)33-26(34)19-7-6-17(11-21(19)28)16-4-5-16/h6-7,11-14,16,30H,3-5,8-10H2,1-2H3,(H,33,34)(H2,29,31,32). The van der Waals surface area contributed by atoms with Crippen molar-refractivity contribution in [1.82, 2.24) is 15.3 Å². The second-order valence-corrected chi connectivity index (χ2v) is 8.63. The van der Waals surface area contributed by atoms with Crippen molar-refractivity contribution in [2.24, 2.45) is 0 Å². The molecule has 1 heterocycles. The van der Waals surface area contributed by atoms with E-state index in [1.54, 1.807) is 13.0 Å². The normalized spacial score (nSPS) is 13.0. The number of carbonyl (C=O) groups is 1. The summed E-state index contributed by atoms with van der Waals surface area (Å²) in [5.41, 5.74) is 8.24. The zero-order valence-corrected chi connectivity index (χ0v) is 19.8. The maximum Gasteiger partial charge on any atom is 0.258 e. The first-order valence-electron chi connectivity index (χ1n) is 11.7. The van der Waals surface area contributed by atoms with Gasteiger partial charge in [0.25, 0.3) is 5.91 Å². The number of nitrogen functional groups attached to an aromatic ring is 1. The minimum Gasteiger partial charge on any atom is -0.486 e. The first-order chi connectivity index (χ1) is 16.9. The summed E-state index contributed by atoms with van der Waals surface area (Å²) >= 11 is 0. The second-order valence-electron chi connectivity index (χ2n) is 8.63. The van der Waals surface area contributed by atoms with E-state index in [1.807, 2.05) is 0 Å². The molecule has 1 amide bonds. The van der Waals surface area contributed by atoms with E-state index in [4.69, 9.17) is 10.5 Å². The highest BCUT2D eigenvalue weighted by molar-refractivity contribution is 6.05. The van der Waals surface area contributed by atoms with Crippen LogP contribution in [0.1, 0.15) is 53.6 Å². The van der Waals surface area contributed by atoms with Crippen molar-refractivity contribution in [3.05, 3.63) is 65.0 Å². The topological polar surface area (TPSA) is 102 Å². The summed E-state index contributed by atoms with van der Waals surface area (Å²) in [6.45, 7) is 5.54. The third-order valence-corrected chi connectivity index (χ3v) is 5.95. The lowest BCUT2D eigenvalue weighted by atomic mass is 10.0. The van der Waals surface area contributed by atoms with Crippen molar-refractivity contribution < 1.29 is 18.3 Å². The number of hydrogen-bond acceptors (Lipinski definition) is 6. The first kappa shape index (κ1) is 24.5. The average molecular weight is 482 g/mol. The summed E-state index contributed by atoms with van der Waals surface area (Å²) in [4.78, 5) is 21.1. The Morgan fingerprint density at radius 2 is 1.97 bits per heavy atom. The number of nitrogens with one attached hydrogen (secondary N) is 2. The summed E-state index contributed by atoms with van der Waals surface area (Å²) in [6, 6.07) is 7.12. The van der Waals surface area contributed by atoms with Gasteiger partial charge in [0.15, 0.2) is 11.6 Å². The number of amides is 1. The molecular weight excluding hydrogens is 452 g/mol. The van der Waals surface area contributed by atoms with E-state index in [0.717, 1.165) is 31.4 Å². The summed E-state index contributed by atoms with van der Waals surface area (Å²) in [6.07, 6.45) is 4.33. The van der Waals surface area contributed by atoms with E-state index in [1.165, 1.54) is 30.6 Å². The molecule has 1 saturated carbocycles. The molecule has 0 spiro atoms. The highest BCUT2D eigenvalue weighted by atomic mass is 19.1. The van der Waals surface area contributed by atoms with Crippen LogP contribution >= 0.6 is 0 Å². The molecule has 0 aliphatic heterocycles. The van der Waals surface area contributed by atoms with Gasteiger partial charge in [0.05, 0.1) is 5.56 Å². The average Bonchev–Trinajstić information content (AvgIpc) is 3.67. The number of carbonyl (C=O) groups excluding carboxylic acids is 1. The lowest BCUT2D eigenvalue weighted by Crippen LogP contribution is -2.22. The van der Waals surface area contributed by atoms with Gasteiger partial charge in [-0.3, -0.25) is 4.79 Å². The Balaban J connectivity index is 1.60. The molecule has 7 nitrogen and oxygen atoms in total. The number of ether oxygens (including phenoxy) is 1. The van der Waals surface area contributed by atoms with Gasteiger partial charge in [-0.05, 0) is 74.0 Å². The Bertz CT molecular complexity index is 1230. The number of anilines is 2. The highest BCUT2D eigenvalue weighted by Crippen LogP contribution is 2.40. The third-order valence-electron chi connectivity index (χ3n) is 5.95. The van der Waals surface area contributed by atoms with Crippen LogP contribution in [0, 0.1) is 18.6 Å². The minimum atomic E-state index is -0.662. The van der Waals surface area contributed by atoms with Gasteiger partial charge in [-0.1, -0.05) is 13.0 Å². The van der Waals surface area contributed by atoms with Gasteiger partial charge in [-0.25, -0.2) is 18.7 Å². The van der Waals surface area contributed by atoms with E-state index in [-0.39, 0.29) is 22.8 Å². The van der Waals surface area contributed by atoms with Crippen molar-refractivity contribution in [3.63, 3.8) is 0 Å². The molecule has 1 fully saturated rings. The molecule has 35 heavy (non-hydrogen) atoms. The van der Waals surface area contributed by atoms with Crippen molar-refractivity contribution >= 4 is 17.4 Å². The molecule has 3 aromatic rings. The summed E-state index contributed by atoms with van der Waals surface area (Å²) < 4.78 is 35.1. The maximum absolute atomic E-state index is 14.6. The van der Waals surface area contributed by atoms with Crippen LogP contribution in [-0.4, -0.2) is 35.6 Å². The van der Waals surface area contributed by atoms with Crippen molar-refractivity contribution in [2.45, 2.75) is 39.0 Å². The molecule has 0 bridgehead atoms. The predicted molar refractivity (Wildman–Crippen MR) is 132 cm³/mol. The molecule has 1 aliphatic carbocycles. The summed E-state index contributed by atoms with van der Waals surface area (Å²) in [5.74, 6) is -1.13. The number of nitrogens with two attached hydrogens (primary N) is 1. The van der Waals surface area contributed by atoms with E-state index in [0.29, 0.717) is 35.9 Å². The smallest absolute Gasteiger partial charge is 0.258 e. The van der Waals surface area contributed by atoms with Gasteiger partial charge in [-0.15, -0.1) is 0 Å².